The Morgan fingerprint density at radius 3 is 2.63 bits per heavy atom. The molecule has 2 aromatic carbocycles. The molecule has 1 heterocycles. The van der Waals surface area contributed by atoms with Gasteiger partial charge < -0.3 is 11.1 Å². The van der Waals surface area contributed by atoms with E-state index < -0.39 is 0 Å². The molecule has 1 atom stereocenters. The average molecular weight is 383 g/mol. The molecule has 1 aromatic heterocycles. The number of anilines is 1. The Balaban J connectivity index is 1.77. The molecule has 27 heavy (non-hydrogen) atoms. The van der Waals surface area contributed by atoms with Gasteiger partial charge in [-0.25, -0.2) is 9.37 Å². The molecule has 1 amide bonds. The predicted molar refractivity (Wildman–Crippen MR) is 107 cm³/mol. The van der Waals surface area contributed by atoms with Crippen molar-refractivity contribution in [2.24, 2.45) is 0 Å². The van der Waals surface area contributed by atoms with Gasteiger partial charge in [0.2, 0.25) is 5.91 Å². The van der Waals surface area contributed by atoms with Crippen molar-refractivity contribution in [3.05, 3.63) is 81.6 Å². The van der Waals surface area contributed by atoms with Gasteiger partial charge in [0.05, 0.1) is 18.2 Å². The number of halogens is 1. The van der Waals surface area contributed by atoms with Crippen LogP contribution in [0.15, 0.2) is 53.9 Å². The third kappa shape index (κ3) is 5.14. The summed E-state index contributed by atoms with van der Waals surface area (Å²) in [4.78, 5) is 17.2. The summed E-state index contributed by atoms with van der Waals surface area (Å²) in [6.07, 6.45) is 1.44. The number of carbonyl (C=O) groups excluding carboxylic acids is 1. The minimum absolute atomic E-state index is 0.00305. The highest BCUT2D eigenvalue weighted by atomic mass is 32.1. The molecule has 1 unspecified atom stereocenters. The molecule has 3 N–H and O–H groups in total. The summed E-state index contributed by atoms with van der Waals surface area (Å²) in [6, 6.07) is 13.6. The first kappa shape index (κ1) is 19.0. The van der Waals surface area contributed by atoms with E-state index in [0.717, 1.165) is 22.7 Å². The number of amides is 1. The van der Waals surface area contributed by atoms with Gasteiger partial charge in [-0.15, -0.1) is 11.3 Å². The van der Waals surface area contributed by atoms with Crippen molar-refractivity contribution in [2.75, 3.05) is 5.73 Å². The molecule has 6 heteroatoms. The smallest absolute Gasteiger partial charge is 0.225 e. The number of carbonyl (C=O) groups is 1. The van der Waals surface area contributed by atoms with Gasteiger partial charge in [0.25, 0.3) is 0 Å². The number of hydrogen-bond acceptors (Lipinski definition) is 4. The highest BCUT2D eigenvalue weighted by Crippen LogP contribution is 2.23. The minimum Gasteiger partial charge on any atom is -0.399 e. The number of hydrogen-bond donors (Lipinski definition) is 2. The zero-order valence-corrected chi connectivity index (χ0v) is 15.9. The fraction of sp³-hybridized carbons (Fsp3) is 0.238. The molecule has 0 fully saturated rings. The second-order valence-corrected chi connectivity index (χ2v) is 7.25. The first-order valence-electron chi connectivity index (χ1n) is 8.86. The SMILES string of the molecule is CCc1csc(C(Cc2ccc(N)cc2)NC(=O)Cc2ccccc2F)n1. The number of nitrogen functional groups attached to an aromatic ring is 1. The molecular formula is C21H22FN3OS. The molecule has 0 aliphatic heterocycles. The van der Waals surface area contributed by atoms with Crippen molar-refractivity contribution < 1.29 is 9.18 Å². The van der Waals surface area contributed by atoms with Gasteiger partial charge in [-0.3, -0.25) is 4.79 Å². The standard InChI is InChI=1S/C21H22FN3OS/c1-2-17-13-27-21(24-17)19(11-14-7-9-16(23)10-8-14)25-20(26)12-15-5-3-4-6-18(15)22/h3-10,13,19H,2,11-12,23H2,1H3,(H,25,26). The van der Waals surface area contributed by atoms with E-state index in [9.17, 15) is 9.18 Å². The molecule has 0 radical (unpaired) electrons. The van der Waals surface area contributed by atoms with Crippen LogP contribution in [-0.4, -0.2) is 10.9 Å². The van der Waals surface area contributed by atoms with Crippen LogP contribution in [0.1, 0.15) is 34.8 Å². The van der Waals surface area contributed by atoms with Crippen LogP contribution in [0.3, 0.4) is 0 Å². The molecule has 3 aromatic rings. The van der Waals surface area contributed by atoms with Crippen LogP contribution in [0, 0.1) is 5.82 Å². The maximum Gasteiger partial charge on any atom is 0.225 e. The van der Waals surface area contributed by atoms with E-state index in [1.807, 2.05) is 36.6 Å². The van der Waals surface area contributed by atoms with Crippen LogP contribution in [0.5, 0.6) is 0 Å². The average Bonchev–Trinajstić information content (AvgIpc) is 3.14. The minimum atomic E-state index is -0.370. The number of nitrogens with two attached hydrogens (primary N) is 1. The fourth-order valence-electron chi connectivity index (χ4n) is 2.79. The van der Waals surface area contributed by atoms with Gasteiger partial charge in [0.1, 0.15) is 10.8 Å². The first-order valence-corrected chi connectivity index (χ1v) is 9.74. The van der Waals surface area contributed by atoms with Gasteiger partial charge in [-0.05, 0) is 42.2 Å². The number of nitrogens with zero attached hydrogens (tertiary/aromatic N) is 1. The van der Waals surface area contributed by atoms with E-state index in [0.29, 0.717) is 17.7 Å². The summed E-state index contributed by atoms with van der Waals surface area (Å²) in [6.45, 7) is 2.05. The Labute approximate surface area is 162 Å². The third-order valence-electron chi connectivity index (χ3n) is 4.29. The Morgan fingerprint density at radius 1 is 1.22 bits per heavy atom. The maximum atomic E-state index is 13.8. The van der Waals surface area contributed by atoms with Crippen molar-refractivity contribution in [3.63, 3.8) is 0 Å². The highest BCUT2D eigenvalue weighted by molar-refractivity contribution is 7.09. The van der Waals surface area contributed by atoms with Crippen molar-refractivity contribution in [3.8, 4) is 0 Å². The van der Waals surface area contributed by atoms with Gasteiger partial charge in [0.15, 0.2) is 0 Å². The summed E-state index contributed by atoms with van der Waals surface area (Å²) >= 11 is 1.53. The first-order chi connectivity index (χ1) is 13.0. The van der Waals surface area contributed by atoms with Crippen molar-refractivity contribution in [1.82, 2.24) is 10.3 Å². The lowest BCUT2D eigenvalue weighted by Gasteiger charge is -2.17. The molecule has 3 rings (SSSR count). The molecule has 0 aliphatic rings. The van der Waals surface area contributed by atoms with E-state index >= 15 is 0 Å². The van der Waals surface area contributed by atoms with Crippen LogP contribution in [-0.2, 0) is 24.1 Å². The molecule has 0 saturated carbocycles. The molecule has 0 bridgehead atoms. The number of thiazole rings is 1. The van der Waals surface area contributed by atoms with Crippen LogP contribution in [0.4, 0.5) is 10.1 Å². The topological polar surface area (TPSA) is 68.0 Å². The Morgan fingerprint density at radius 2 is 1.96 bits per heavy atom. The lowest BCUT2D eigenvalue weighted by Crippen LogP contribution is -2.31. The van der Waals surface area contributed by atoms with Crippen LogP contribution in [0.25, 0.3) is 0 Å². The van der Waals surface area contributed by atoms with Gasteiger partial charge in [0, 0.05) is 11.1 Å². The van der Waals surface area contributed by atoms with Crippen LogP contribution in [0.2, 0.25) is 0 Å². The predicted octanol–water partition coefficient (Wildman–Crippen LogP) is 4.07. The second-order valence-electron chi connectivity index (χ2n) is 6.36. The number of aromatic nitrogens is 1. The largest absolute Gasteiger partial charge is 0.399 e. The summed E-state index contributed by atoms with van der Waals surface area (Å²) in [5, 5.41) is 5.88. The maximum absolute atomic E-state index is 13.8. The third-order valence-corrected chi connectivity index (χ3v) is 5.30. The number of rotatable bonds is 7. The summed E-state index contributed by atoms with van der Waals surface area (Å²) in [5.41, 5.74) is 8.89. The zero-order valence-electron chi connectivity index (χ0n) is 15.1. The highest BCUT2D eigenvalue weighted by Gasteiger charge is 2.19. The Hall–Kier alpha value is -2.73. The molecule has 0 aliphatic carbocycles. The van der Waals surface area contributed by atoms with Gasteiger partial charge in [-0.1, -0.05) is 37.3 Å². The Bertz CT molecular complexity index is 908. The van der Waals surface area contributed by atoms with Gasteiger partial charge >= 0.3 is 0 Å². The van der Waals surface area contributed by atoms with E-state index in [1.54, 1.807) is 18.2 Å². The molecule has 0 saturated heterocycles. The normalized spacial score (nSPS) is 11.9. The van der Waals surface area contributed by atoms with E-state index in [-0.39, 0.29) is 24.2 Å². The number of benzene rings is 2. The molecule has 0 spiro atoms. The van der Waals surface area contributed by atoms with E-state index in [4.69, 9.17) is 5.73 Å². The van der Waals surface area contributed by atoms with Crippen LogP contribution >= 0.6 is 11.3 Å². The number of aryl methyl sites for hydroxylation is 1. The lowest BCUT2D eigenvalue weighted by molar-refractivity contribution is -0.121. The van der Waals surface area contributed by atoms with Crippen molar-refractivity contribution in [1.29, 1.82) is 0 Å². The van der Waals surface area contributed by atoms with Crippen molar-refractivity contribution in [2.45, 2.75) is 32.2 Å². The summed E-state index contributed by atoms with van der Waals surface area (Å²) in [5.74, 6) is -0.598. The molecule has 4 nitrogen and oxygen atoms in total. The van der Waals surface area contributed by atoms with Crippen molar-refractivity contribution >= 4 is 22.9 Å². The zero-order chi connectivity index (χ0) is 19.2. The fourth-order valence-corrected chi connectivity index (χ4v) is 3.75. The van der Waals surface area contributed by atoms with Gasteiger partial charge in [-0.2, -0.15) is 0 Å². The Kier molecular flexibility index (Phi) is 6.19. The molecule has 140 valence electrons. The molecular weight excluding hydrogens is 361 g/mol. The van der Waals surface area contributed by atoms with E-state index in [2.05, 4.69) is 10.3 Å². The quantitative estimate of drug-likeness (QED) is 0.604. The summed E-state index contributed by atoms with van der Waals surface area (Å²) < 4.78 is 13.8. The lowest BCUT2D eigenvalue weighted by atomic mass is 10.0. The number of nitrogens with one attached hydrogen (secondary N) is 1. The van der Waals surface area contributed by atoms with E-state index in [1.165, 1.54) is 17.4 Å². The second kappa shape index (κ2) is 8.77. The summed E-state index contributed by atoms with van der Waals surface area (Å²) in [7, 11) is 0. The monoisotopic (exact) mass is 383 g/mol. The van der Waals surface area contributed by atoms with Crippen LogP contribution < -0.4 is 11.1 Å².